The maximum absolute atomic E-state index is 3.41. The van der Waals surface area contributed by atoms with Gasteiger partial charge in [0, 0.05) is 6.04 Å². The Bertz CT molecular complexity index is 52.5. The molecule has 0 spiro atoms. The minimum atomic E-state index is 0. The van der Waals surface area contributed by atoms with Crippen molar-refractivity contribution in [3.8, 4) is 0 Å². The smallest absolute Gasteiger partial charge is 0.00682 e. The Labute approximate surface area is 57.3 Å². The summed E-state index contributed by atoms with van der Waals surface area (Å²) in [7, 11) is 0. The van der Waals surface area contributed by atoms with E-state index >= 15 is 0 Å². The molecule has 0 aromatic heterocycles. The van der Waals surface area contributed by atoms with E-state index in [1.165, 1.54) is 25.8 Å². The Hall–Kier alpha value is 0.250. The zero-order valence-corrected chi connectivity index (χ0v) is 6.13. The molecule has 1 fully saturated rings. The molecular weight excluding hydrogens is 122 g/mol. The van der Waals surface area contributed by atoms with Crippen molar-refractivity contribution in [1.82, 2.24) is 5.32 Å². The molecule has 1 rings (SSSR count). The number of hydrogen-bond acceptors (Lipinski definition) is 1. The fourth-order valence-electron chi connectivity index (χ4n) is 0.636. The van der Waals surface area contributed by atoms with Gasteiger partial charge < -0.3 is 5.32 Å². The molecule has 1 saturated carbocycles. The standard InChI is InChI=1S/C6H13N.ClH/c1-2-5-7-6-3-4-6;/h6-7H,2-5H2,1H3;1H. The highest BCUT2D eigenvalue weighted by molar-refractivity contribution is 5.85. The third kappa shape index (κ3) is 3.28. The first-order valence-electron chi connectivity index (χ1n) is 3.17. The van der Waals surface area contributed by atoms with E-state index in [1.807, 2.05) is 0 Å². The highest BCUT2D eigenvalue weighted by Gasteiger charge is 2.18. The van der Waals surface area contributed by atoms with Gasteiger partial charge in [-0.3, -0.25) is 0 Å². The van der Waals surface area contributed by atoms with E-state index in [2.05, 4.69) is 12.2 Å². The molecule has 50 valence electrons. The molecule has 8 heavy (non-hydrogen) atoms. The van der Waals surface area contributed by atoms with Crippen LogP contribution in [0.1, 0.15) is 26.2 Å². The summed E-state index contributed by atoms with van der Waals surface area (Å²) in [5.41, 5.74) is 0. The fourth-order valence-corrected chi connectivity index (χ4v) is 0.636. The predicted octanol–water partition coefficient (Wildman–Crippen LogP) is 1.57. The molecular formula is C6H14ClN. The number of hydrogen-bond donors (Lipinski definition) is 1. The number of nitrogens with one attached hydrogen (secondary N) is 1. The van der Waals surface area contributed by atoms with Gasteiger partial charge in [0.25, 0.3) is 0 Å². The van der Waals surface area contributed by atoms with E-state index in [0.717, 1.165) is 6.04 Å². The van der Waals surface area contributed by atoms with Crippen LogP contribution in [-0.4, -0.2) is 12.6 Å². The highest BCUT2D eigenvalue weighted by atomic mass is 35.5. The van der Waals surface area contributed by atoms with Gasteiger partial charge in [-0.25, -0.2) is 0 Å². The predicted molar refractivity (Wildman–Crippen MR) is 38.6 cm³/mol. The van der Waals surface area contributed by atoms with Gasteiger partial charge in [-0.15, -0.1) is 12.4 Å². The lowest BCUT2D eigenvalue weighted by Crippen LogP contribution is -2.16. The molecule has 0 atom stereocenters. The van der Waals surface area contributed by atoms with Crippen molar-refractivity contribution < 1.29 is 0 Å². The molecule has 1 aliphatic carbocycles. The van der Waals surface area contributed by atoms with E-state index in [0.29, 0.717) is 0 Å². The van der Waals surface area contributed by atoms with Gasteiger partial charge in [-0.2, -0.15) is 0 Å². The second kappa shape index (κ2) is 4.16. The number of rotatable bonds is 3. The molecule has 0 radical (unpaired) electrons. The van der Waals surface area contributed by atoms with Crippen LogP contribution in [-0.2, 0) is 0 Å². The van der Waals surface area contributed by atoms with E-state index in [-0.39, 0.29) is 12.4 Å². The average molecular weight is 136 g/mol. The van der Waals surface area contributed by atoms with Crippen LogP contribution in [0.2, 0.25) is 0 Å². The van der Waals surface area contributed by atoms with Crippen LogP contribution in [0.4, 0.5) is 0 Å². The van der Waals surface area contributed by atoms with Gasteiger partial charge in [0.1, 0.15) is 0 Å². The molecule has 1 nitrogen and oxygen atoms in total. The lowest BCUT2D eigenvalue weighted by atomic mass is 10.5. The molecule has 0 amide bonds. The SMILES string of the molecule is CCCNC1CC1.Cl. The third-order valence-corrected chi connectivity index (χ3v) is 1.26. The Kier molecular flexibility index (Phi) is 4.29. The van der Waals surface area contributed by atoms with Crippen molar-refractivity contribution in [2.24, 2.45) is 0 Å². The summed E-state index contributed by atoms with van der Waals surface area (Å²) >= 11 is 0. The van der Waals surface area contributed by atoms with Crippen LogP contribution in [0.5, 0.6) is 0 Å². The molecule has 2 heteroatoms. The fraction of sp³-hybridized carbons (Fsp3) is 1.00. The molecule has 1 N–H and O–H groups in total. The van der Waals surface area contributed by atoms with Gasteiger partial charge in [0.2, 0.25) is 0 Å². The van der Waals surface area contributed by atoms with Crippen LogP contribution in [0.3, 0.4) is 0 Å². The van der Waals surface area contributed by atoms with E-state index in [1.54, 1.807) is 0 Å². The van der Waals surface area contributed by atoms with E-state index in [4.69, 9.17) is 0 Å². The van der Waals surface area contributed by atoms with Crippen LogP contribution >= 0.6 is 12.4 Å². The number of halogens is 1. The van der Waals surface area contributed by atoms with E-state index in [9.17, 15) is 0 Å². The maximum Gasteiger partial charge on any atom is 0.00682 e. The summed E-state index contributed by atoms with van der Waals surface area (Å²) < 4.78 is 0. The largest absolute Gasteiger partial charge is 0.314 e. The lowest BCUT2D eigenvalue weighted by molar-refractivity contribution is 0.671. The van der Waals surface area contributed by atoms with Crippen LogP contribution < -0.4 is 5.32 Å². The van der Waals surface area contributed by atoms with Crippen molar-refractivity contribution in [2.75, 3.05) is 6.54 Å². The van der Waals surface area contributed by atoms with E-state index < -0.39 is 0 Å². The normalized spacial score (nSPS) is 17.6. The van der Waals surface area contributed by atoms with Gasteiger partial charge >= 0.3 is 0 Å². The summed E-state index contributed by atoms with van der Waals surface area (Å²) in [6, 6.07) is 0.903. The first-order valence-corrected chi connectivity index (χ1v) is 3.17. The molecule has 0 aromatic carbocycles. The van der Waals surface area contributed by atoms with Gasteiger partial charge in [-0.1, -0.05) is 6.92 Å². The maximum atomic E-state index is 3.41. The first-order chi connectivity index (χ1) is 3.43. The lowest BCUT2D eigenvalue weighted by Gasteiger charge is -1.94. The molecule has 0 aliphatic heterocycles. The Morgan fingerprint density at radius 2 is 2.12 bits per heavy atom. The van der Waals surface area contributed by atoms with Gasteiger partial charge in [0.05, 0.1) is 0 Å². The van der Waals surface area contributed by atoms with Crippen LogP contribution in [0.25, 0.3) is 0 Å². The average Bonchev–Trinajstić information content (AvgIpc) is 2.42. The topological polar surface area (TPSA) is 12.0 Å². The van der Waals surface area contributed by atoms with Crippen molar-refractivity contribution in [3.05, 3.63) is 0 Å². The molecule has 0 unspecified atom stereocenters. The Morgan fingerprint density at radius 1 is 1.50 bits per heavy atom. The summed E-state index contributed by atoms with van der Waals surface area (Å²) in [6.07, 6.45) is 4.11. The van der Waals surface area contributed by atoms with Crippen molar-refractivity contribution in [2.45, 2.75) is 32.2 Å². The van der Waals surface area contributed by atoms with Crippen LogP contribution in [0.15, 0.2) is 0 Å². The minimum Gasteiger partial charge on any atom is -0.314 e. The second-order valence-electron chi connectivity index (χ2n) is 2.23. The Morgan fingerprint density at radius 3 is 2.50 bits per heavy atom. The van der Waals surface area contributed by atoms with Crippen molar-refractivity contribution in [1.29, 1.82) is 0 Å². The quantitative estimate of drug-likeness (QED) is 0.620. The summed E-state index contributed by atoms with van der Waals surface area (Å²) in [4.78, 5) is 0. The van der Waals surface area contributed by atoms with Crippen molar-refractivity contribution in [3.63, 3.8) is 0 Å². The van der Waals surface area contributed by atoms with Gasteiger partial charge in [-0.05, 0) is 25.8 Å². The molecule has 0 aromatic rings. The Balaban J connectivity index is 0.000000490. The zero-order valence-electron chi connectivity index (χ0n) is 5.31. The molecule has 0 saturated heterocycles. The van der Waals surface area contributed by atoms with Crippen LogP contribution in [0, 0.1) is 0 Å². The monoisotopic (exact) mass is 135 g/mol. The van der Waals surface area contributed by atoms with Gasteiger partial charge in [0.15, 0.2) is 0 Å². The molecule has 0 bridgehead atoms. The summed E-state index contributed by atoms with van der Waals surface area (Å²) in [5, 5.41) is 3.41. The third-order valence-electron chi connectivity index (χ3n) is 1.26. The zero-order chi connectivity index (χ0) is 5.11. The molecule has 1 aliphatic rings. The summed E-state index contributed by atoms with van der Waals surface area (Å²) in [5.74, 6) is 0. The molecule has 0 heterocycles. The highest BCUT2D eigenvalue weighted by Crippen LogP contribution is 2.17. The van der Waals surface area contributed by atoms with Crippen molar-refractivity contribution >= 4 is 12.4 Å². The second-order valence-corrected chi connectivity index (χ2v) is 2.23. The minimum absolute atomic E-state index is 0. The summed E-state index contributed by atoms with van der Waals surface area (Å²) in [6.45, 7) is 3.42. The first kappa shape index (κ1) is 8.25.